The number of methoxy groups -OCH3 is 2. The maximum absolute atomic E-state index is 5.96. The molecule has 1 saturated carbocycles. The maximum atomic E-state index is 5.96. The van der Waals surface area contributed by atoms with Gasteiger partial charge in [-0.15, -0.1) is 0 Å². The molecule has 1 heterocycles. The van der Waals surface area contributed by atoms with E-state index in [2.05, 4.69) is 4.90 Å². The van der Waals surface area contributed by atoms with Gasteiger partial charge in [-0.25, -0.2) is 0 Å². The summed E-state index contributed by atoms with van der Waals surface area (Å²) in [4.78, 5) is 2.63. The molecule has 1 aliphatic heterocycles. The van der Waals surface area contributed by atoms with E-state index in [1.807, 2.05) is 14.2 Å². The van der Waals surface area contributed by atoms with E-state index in [4.69, 9.17) is 15.2 Å². The Kier molecular flexibility index (Phi) is 5.42. The first-order valence-corrected chi connectivity index (χ1v) is 7.29. The van der Waals surface area contributed by atoms with Crippen molar-refractivity contribution in [2.24, 2.45) is 5.73 Å². The van der Waals surface area contributed by atoms with E-state index >= 15 is 0 Å². The van der Waals surface area contributed by atoms with Crippen molar-refractivity contribution in [3.63, 3.8) is 0 Å². The second-order valence-electron chi connectivity index (χ2n) is 5.69. The number of nitrogens with two attached hydrogens (primary N) is 1. The van der Waals surface area contributed by atoms with E-state index < -0.39 is 0 Å². The number of hydrogen-bond donors (Lipinski definition) is 1. The Hall–Kier alpha value is -0.160. The van der Waals surface area contributed by atoms with Gasteiger partial charge in [0.05, 0.1) is 12.2 Å². The minimum absolute atomic E-state index is 0.400. The van der Waals surface area contributed by atoms with E-state index in [9.17, 15) is 0 Å². The van der Waals surface area contributed by atoms with Crippen LogP contribution in [0.4, 0.5) is 0 Å². The fraction of sp³-hybridized carbons (Fsp3) is 1.00. The summed E-state index contributed by atoms with van der Waals surface area (Å²) in [5.74, 6) is 0. The molecule has 1 saturated heterocycles. The van der Waals surface area contributed by atoms with Gasteiger partial charge in [0.15, 0.2) is 0 Å². The van der Waals surface area contributed by atoms with Gasteiger partial charge >= 0.3 is 0 Å². The van der Waals surface area contributed by atoms with Crippen LogP contribution in [0, 0.1) is 0 Å². The van der Waals surface area contributed by atoms with Crippen LogP contribution in [0.1, 0.15) is 38.5 Å². The van der Waals surface area contributed by atoms with Crippen LogP contribution in [0.3, 0.4) is 0 Å². The average Bonchev–Trinajstić information content (AvgIpc) is 2.46. The van der Waals surface area contributed by atoms with Gasteiger partial charge in [0, 0.05) is 39.4 Å². The molecular weight excluding hydrogens is 228 g/mol. The Morgan fingerprint density at radius 3 is 2.44 bits per heavy atom. The fourth-order valence-corrected chi connectivity index (χ4v) is 3.59. The third-order valence-electron chi connectivity index (χ3n) is 4.72. The first-order chi connectivity index (χ1) is 8.78. The van der Waals surface area contributed by atoms with E-state index in [1.54, 1.807) is 0 Å². The number of likely N-dealkylation sites (tertiary alicyclic amines) is 1. The summed E-state index contributed by atoms with van der Waals surface area (Å²) in [6.07, 6.45) is 8.04. The summed E-state index contributed by atoms with van der Waals surface area (Å²) < 4.78 is 11.0. The van der Waals surface area contributed by atoms with E-state index in [-0.39, 0.29) is 0 Å². The monoisotopic (exact) mass is 256 g/mol. The first kappa shape index (κ1) is 14.3. The molecule has 18 heavy (non-hydrogen) atoms. The van der Waals surface area contributed by atoms with Crippen molar-refractivity contribution < 1.29 is 9.47 Å². The smallest absolute Gasteiger partial charge is 0.0599 e. The molecule has 0 aromatic heterocycles. The van der Waals surface area contributed by atoms with Crippen molar-refractivity contribution >= 4 is 0 Å². The zero-order valence-corrected chi connectivity index (χ0v) is 11.8. The van der Waals surface area contributed by atoms with Crippen LogP contribution < -0.4 is 5.73 Å². The average molecular weight is 256 g/mol. The molecule has 0 radical (unpaired) electrons. The predicted octanol–water partition coefficient (Wildman–Crippen LogP) is 1.38. The normalized spacial score (nSPS) is 38.8. The zero-order chi connectivity index (χ0) is 13.0. The largest absolute Gasteiger partial charge is 0.381 e. The fourth-order valence-electron chi connectivity index (χ4n) is 3.59. The molecule has 2 fully saturated rings. The summed E-state index contributed by atoms with van der Waals surface area (Å²) in [5.41, 5.74) is 5.96. The van der Waals surface area contributed by atoms with Crippen LogP contribution in [0.5, 0.6) is 0 Å². The molecule has 1 aliphatic carbocycles. The van der Waals surface area contributed by atoms with Gasteiger partial charge in [-0.05, 0) is 38.5 Å². The Morgan fingerprint density at radius 1 is 1.06 bits per heavy atom. The Bertz CT molecular complexity index is 250. The lowest BCUT2D eigenvalue weighted by atomic mass is 9.88. The number of hydrogen-bond acceptors (Lipinski definition) is 4. The minimum Gasteiger partial charge on any atom is -0.381 e. The number of ether oxygens (including phenoxy) is 2. The van der Waals surface area contributed by atoms with Gasteiger partial charge in [0.1, 0.15) is 0 Å². The minimum atomic E-state index is 0.400. The standard InChI is InChI=1S/C14H28N2O2/c1-17-13-5-3-4-11(8-13)16-7-6-14(18-2)9-12(16)10-15/h11-14H,3-10,15H2,1-2H3. The molecule has 2 aliphatic rings. The van der Waals surface area contributed by atoms with Crippen LogP contribution in [0.25, 0.3) is 0 Å². The molecule has 0 spiro atoms. The van der Waals surface area contributed by atoms with Gasteiger partial charge < -0.3 is 15.2 Å². The topological polar surface area (TPSA) is 47.7 Å². The highest BCUT2D eigenvalue weighted by atomic mass is 16.5. The molecule has 2 N–H and O–H groups in total. The summed E-state index contributed by atoms with van der Waals surface area (Å²) in [5, 5.41) is 0. The SMILES string of the molecule is COC1CCN(C2CCCC(OC)C2)C(CN)C1. The van der Waals surface area contributed by atoms with Gasteiger partial charge in [-0.1, -0.05) is 0 Å². The Labute approximate surface area is 111 Å². The molecule has 2 rings (SSSR count). The Balaban J connectivity index is 1.94. The zero-order valence-electron chi connectivity index (χ0n) is 11.8. The number of piperidine rings is 1. The highest BCUT2D eigenvalue weighted by Crippen LogP contribution is 2.30. The van der Waals surface area contributed by atoms with Crippen molar-refractivity contribution in [2.45, 2.75) is 62.8 Å². The molecule has 0 aromatic rings. The molecule has 0 amide bonds. The number of rotatable bonds is 4. The van der Waals surface area contributed by atoms with E-state index in [1.165, 1.54) is 25.7 Å². The second-order valence-corrected chi connectivity index (χ2v) is 5.69. The van der Waals surface area contributed by atoms with Crippen molar-refractivity contribution in [3.8, 4) is 0 Å². The van der Waals surface area contributed by atoms with Crippen molar-refractivity contribution in [2.75, 3.05) is 27.3 Å². The van der Waals surface area contributed by atoms with Crippen LogP contribution in [0.15, 0.2) is 0 Å². The highest BCUT2D eigenvalue weighted by Gasteiger charge is 2.34. The molecule has 4 nitrogen and oxygen atoms in total. The van der Waals surface area contributed by atoms with Gasteiger partial charge in [0.25, 0.3) is 0 Å². The summed E-state index contributed by atoms with van der Waals surface area (Å²) in [6, 6.07) is 1.15. The van der Waals surface area contributed by atoms with Crippen molar-refractivity contribution in [1.82, 2.24) is 4.90 Å². The van der Waals surface area contributed by atoms with Crippen LogP contribution >= 0.6 is 0 Å². The Morgan fingerprint density at radius 2 is 1.78 bits per heavy atom. The van der Waals surface area contributed by atoms with E-state index in [0.29, 0.717) is 24.3 Å². The van der Waals surface area contributed by atoms with E-state index in [0.717, 1.165) is 25.9 Å². The number of nitrogens with zero attached hydrogens (tertiary/aromatic N) is 1. The lowest BCUT2D eigenvalue weighted by Crippen LogP contribution is -2.54. The van der Waals surface area contributed by atoms with Crippen LogP contribution in [-0.4, -0.2) is 56.5 Å². The molecule has 0 bridgehead atoms. The maximum Gasteiger partial charge on any atom is 0.0599 e. The summed E-state index contributed by atoms with van der Waals surface area (Å²) in [7, 11) is 3.65. The molecule has 4 heteroatoms. The van der Waals surface area contributed by atoms with Crippen LogP contribution in [0.2, 0.25) is 0 Å². The van der Waals surface area contributed by atoms with Crippen molar-refractivity contribution in [3.05, 3.63) is 0 Å². The van der Waals surface area contributed by atoms with Gasteiger partial charge in [-0.3, -0.25) is 4.90 Å². The first-order valence-electron chi connectivity index (χ1n) is 7.29. The van der Waals surface area contributed by atoms with Crippen molar-refractivity contribution in [1.29, 1.82) is 0 Å². The molecule has 4 atom stereocenters. The lowest BCUT2D eigenvalue weighted by Gasteiger charge is -2.45. The lowest BCUT2D eigenvalue weighted by molar-refractivity contribution is -0.0319. The third kappa shape index (κ3) is 3.23. The quantitative estimate of drug-likeness (QED) is 0.825. The molecule has 106 valence electrons. The van der Waals surface area contributed by atoms with Gasteiger partial charge in [-0.2, -0.15) is 0 Å². The van der Waals surface area contributed by atoms with Crippen LogP contribution in [-0.2, 0) is 9.47 Å². The molecular formula is C14H28N2O2. The highest BCUT2D eigenvalue weighted by molar-refractivity contribution is 4.90. The molecule has 4 unspecified atom stereocenters. The summed E-state index contributed by atoms with van der Waals surface area (Å²) in [6.45, 7) is 1.87. The predicted molar refractivity (Wildman–Crippen MR) is 72.6 cm³/mol. The summed E-state index contributed by atoms with van der Waals surface area (Å²) >= 11 is 0. The molecule has 0 aromatic carbocycles. The van der Waals surface area contributed by atoms with Gasteiger partial charge in [0.2, 0.25) is 0 Å². The second kappa shape index (κ2) is 6.85. The third-order valence-corrected chi connectivity index (χ3v) is 4.72.